The number of benzene rings is 1. The Morgan fingerprint density at radius 3 is 2.74 bits per heavy atom. The predicted molar refractivity (Wildman–Crippen MR) is 101 cm³/mol. The molecule has 0 aliphatic carbocycles. The van der Waals surface area contributed by atoms with Gasteiger partial charge in [-0.05, 0) is 18.1 Å². The average molecular weight is 366 g/mol. The van der Waals surface area contributed by atoms with E-state index in [1.54, 1.807) is 18.0 Å². The number of pyridine rings is 1. The van der Waals surface area contributed by atoms with Crippen LogP contribution in [0.1, 0.15) is 35.0 Å². The molecule has 0 saturated heterocycles. The molecule has 140 valence electrons. The van der Waals surface area contributed by atoms with Gasteiger partial charge in [0.15, 0.2) is 0 Å². The summed E-state index contributed by atoms with van der Waals surface area (Å²) in [5, 5.41) is 7.44. The predicted octanol–water partition coefficient (Wildman–Crippen LogP) is 2.56. The maximum absolute atomic E-state index is 12.3. The maximum Gasteiger partial charge on any atom is 0.257 e. The standard InChI is InChI=1S/C20H22N4O3/c1-3-17-16-11-15(12-22-20(16)27-23-17)19(26)21-10-9-18(25)24(2)13-14-7-5-4-6-8-14/h4-8,11-12H,3,9-10,13H2,1-2H3,(H,21,26). The Morgan fingerprint density at radius 2 is 2.00 bits per heavy atom. The first-order chi connectivity index (χ1) is 13.1. The number of nitrogens with zero attached hydrogens (tertiary/aromatic N) is 3. The number of carbonyl (C=O) groups is 2. The van der Waals surface area contributed by atoms with E-state index in [4.69, 9.17) is 4.52 Å². The lowest BCUT2D eigenvalue weighted by atomic mass is 10.1. The van der Waals surface area contributed by atoms with E-state index in [9.17, 15) is 9.59 Å². The van der Waals surface area contributed by atoms with Gasteiger partial charge in [-0.2, -0.15) is 0 Å². The van der Waals surface area contributed by atoms with E-state index in [0.717, 1.165) is 16.6 Å². The Bertz CT molecular complexity index is 937. The molecule has 2 amide bonds. The molecule has 27 heavy (non-hydrogen) atoms. The summed E-state index contributed by atoms with van der Waals surface area (Å²) in [4.78, 5) is 30.3. The molecule has 0 radical (unpaired) electrons. The number of carbonyl (C=O) groups excluding carboxylic acids is 2. The number of fused-ring (bicyclic) bond motifs is 1. The van der Waals surface area contributed by atoms with E-state index < -0.39 is 0 Å². The molecule has 0 fully saturated rings. The van der Waals surface area contributed by atoms with E-state index in [1.807, 2.05) is 37.3 Å². The molecule has 0 spiro atoms. The van der Waals surface area contributed by atoms with Crippen molar-refractivity contribution in [1.82, 2.24) is 20.4 Å². The van der Waals surface area contributed by atoms with E-state index >= 15 is 0 Å². The van der Waals surface area contributed by atoms with Crippen molar-refractivity contribution in [2.75, 3.05) is 13.6 Å². The summed E-state index contributed by atoms with van der Waals surface area (Å²) in [7, 11) is 1.76. The lowest BCUT2D eigenvalue weighted by Crippen LogP contribution is -2.31. The number of rotatable bonds is 7. The molecular formula is C20H22N4O3. The van der Waals surface area contributed by atoms with Crippen LogP contribution in [0.15, 0.2) is 47.1 Å². The molecule has 7 nitrogen and oxygen atoms in total. The van der Waals surface area contributed by atoms with Gasteiger partial charge in [0.2, 0.25) is 5.91 Å². The fourth-order valence-electron chi connectivity index (χ4n) is 2.78. The molecule has 3 rings (SSSR count). The topological polar surface area (TPSA) is 88.3 Å². The van der Waals surface area contributed by atoms with Crippen molar-refractivity contribution in [3.63, 3.8) is 0 Å². The molecule has 3 aromatic rings. The van der Waals surface area contributed by atoms with Gasteiger partial charge < -0.3 is 14.7 Å². The van der Waals surface area contributed by atoms with Crippen molar-refractivity contribution in [2.24, 2.45) is 0 Å². The van der Waals surface area contributed by atoms with Crippen LogP contribution < -0.4 is 5.32 Å². The van der Waals surface area contributed by atoms with Crippen molar-refractivity contribution >= 4 is 22.9 Å². The Balaban J connectivity index is 1.52. The average Bonchev–Trinajstić information content (AvgIpc) is 3.10. The monoisotopic (exact) mass is 366 g/mol. The van der Waals surface area contributed by atoms with Gasteiger partial charge in [0.25, 0.3) is 11.6 Å². The second-order valence-corrected chi connectivity index (χ2v) is 6.30. The highest BCUT2D eigenvalue weighted by atomic mass is 16.5. The highest BCUT2D eigenvalue weighted by Crippen LogP contribution is 2.18. The molecule has 0 aliphatic rings. The highest BCUT2D eigenvalue weighted by molar-refractivity contribution is 5.97. The van der Waals surface area contributed by atoms with Crippen molar-refractivity contribution < 1.29 is 14.1 Å². The van der Waals surface area contributed by atoms with Crippen LogP contribution in [-0.2, 0) is 17.8 Å². The third kappa shape index (κ3) is 4.49. The minimum absolute atomic E-state index is 0.0277. The van der Waals surface area contributed by atoms with Gasteiger partial charge in [-0.25, -0.2) is 4.98 Å². The van der Waals surface area contributed by atoms with Crippen molar-refractivity contribution in [3.8, 4) is 0 Å². The lowest BCUT2D eigenvalue weighted by molar-refractivity contribution is -0.130. The quantitative estimate of drug-likeness (QED) is 0.694. The minimum Gasteiger partial charge on any atom is -0.351 e. The number of amides is 2. The van der Waals surface area contributed by atoms with Gasteiger partial charge in [-0.1, -0.05) is 42.4 Å². The molecular weight excluding hydrogens is 344 g/mol. The third-order valence-corrected chi connectivity index (χ3v) is 4.31. The van der Waals surface area contributed by atoms with Crippen LogP contribution in [0.4, 0.5) is 0 Å². The van der Waals surface area contributed by atoms with Crippen molar-refractivity contribution in [1.29, 1.82) is 0 Å². The first kappa shape index (κ1) is 18.6. The number of nitrogens with one attached hydrogen (secondary N) is 1. The molecule has 0 unspecified atom stereocenters. The molecule has 0 atom stereocenters. The Morgan fingerprint density at radius 1 is 1.22 bits per heavy atom. The molecule has 7 heteroatoms. The van der Waals surface area contributed by atoms with Gasteiger partial charge in [0, 0.05) is 32.8 Å². The van der Waals surface area contributed by atoms with Gasteiger partial charge in [0.1, 0.15) is 0 Å². The fraction of sp³-hybridized carbons (Fsp3) is 0.300. The van der Waals surface area contributed by atoms with E-state index in [-0.39, 0.29) is 24.8 Å². The van der Waals surface area contributed by atoms with Crippen LogP contribution in [0.25, 0.3) is 11.1 Å². The number of hydrogen-bond acceptors (Lipinski definition) is 5. The van der Waals surface area contributed by atoms with E-state index in [1.165, 1.54) is 6.20 Å². The first-order valence-corrected chi connectivity index (χ1v) is 8.89. The normalized spacial score (nSPS) is 10.7. The summed E-state index contributed by atoms with van der Waals surface area (Å²) < 4.78 is 5.12. The highest BCUT2D eigenvalue weighted by Gasteiger charge is 2.14. The second-order valence-electron chi connectivity index (χ2n) is 6.30. The summed E-state index contributed by atoms with van der Waals surface area (Å²) in [5.74, 6) is -0.300. The molecule has 1 aromatic carbocycles. The van der Waals surface area contributed by atoms with Crippen LogP contribution >= 0.6 is 0 Å². The SMILES string of the molecule is CCc1noc2ncc(C(=O)NCCC(=O)N(C)Cc3ccccc3)cc12. The van der Waals surface area contributed by atoms with E-state index in [2.05, 4.69) is 15.5 Å². The summed E-state index contributed by atoms with van der Waals surface area (Å²) >= 11 is 0. The van der Waals surface area contributed by atoms with Crippen LogP contribution in [-0.4, -0.2) is 40.4 Å². The summed E-state index contributed by atoms with van der Waals surface area (Å²) in [5.41, 5.74) is 2.67. The van der Waals surface area contributed by atoms with Crippen LogP contribution in [0.2, 0.25) is 0 Å². The summed E-state index contributed by atoms with van der Waals surface area (Å²) in [6, 6.07) is 11.5. The first-order valence-electron chi connectivity index (χ1n) is 8.89. The number of aryl methyl sites for hydroxylation is 1. The largest absolute Gasteiger partial charge is 0.351 e. The molecule has 0 saturated carbocycles. The van der Waals surface area contributed by atoms with Crippen molar-refractivity contribution in [2.45, 2.75) is 26.3 Å². The number of aromatic nitrogens is 2. The smallest absolute Gasteiger partial charge is 0.257 e. The lowest BCUT2D eigenvalue weighted by Gasteiger charge is -2.17. The van der Waals surface area contributed by atoms with Crippen LogP contribution in [0, 0.1) is 0 Å². The maximum atomic E-state index is 12.3. The Labute approximate surface area is 157 Å². The molecule has 2 aromatic heterocycles. The molecule has 0 aliphatic heterocycles. The van der Waals surface area contributed by atoms with Gasteiger partial charge in [-0.15, -0.1) is 0 Å². The van der Waals surface area contributed by atoms with Crippen LogP contribution in [0.5, 0.6) is 0 Å². The van der Waals surface area contributed by atoms with Gasteiger partial charge in [0.05, 0.1) is 16.6 Å². The fourth-order valence-corrected chi connectivity index (χ4v) is 2.78. The third-order valence-electron chi connectivity index (χ3n) is 4.31. The van der Waals surface area contributed by atoms with Gasteiger partial charge in [-0.3, -0.25) is 9.59 Å². The van der Waals surface area contributed by atoms with Crippen LogP contribution in [0.3, 0.4) is 0 Å². The Hall–Kier alpha value is -3.22. The zero-order chi connectivity index (χ0) is 19.2. The minimum atomic E-state index is -0.272. The zero-order valence-electron chi connectivity index (χ0n) is 15.4. The second kappa shape index (κ2) is 8.44. The number of hydrogen-bond donors (Lipinski definition) is 1. The van der Waals surface area contributed by atoms with Gasteiger partial charge >= 0.3 is 0 Å². The summed E-state index contributed by atoms with van der Waals surface area (Å²) in [6.45, 7) is 2.77. The van der Waals surface area contributed by atoms with Crippen molar-refractivity contribution in [3.05, 3.63) is 59.4 Å². The zero-order valence-corrected chi connectivity index (χ0v) is 15.4. The molecule has 0 bridgehead atoms. The Kier molecular flexibility index (Phi) is 5.80. The molecule has 1 N–H and O–H groups in total. The summed E-state index contributed by atoms with van der Waals surface area (Å²) in [6.07, 6.45) is 2.38. The molecule has 2 heterocycles. The van der Waals surface area contributed by atoms with E-state index in [0.29, 0.717) is 24.2 Å².